The van der Waals surface area contributed by atoms with Gasteiger partial charge in [0.25, 0.3) is 0 Å². The Hall–Kier alpha value is -2.18. The fourth-order valence-electron chi connectivity index (χ4n) is 4.62. The quantitative estimate of drug-likeness (QED) is 0.721. The summed E-state index contributed by atoms with van der Waals surface area (Å²) in [4.78, 5) is 24.6. The molecule has 6 heteroatoms. The van der Waals surface area contributed by atoms with Crippen molar-refractivity contribution >= 4 is 5.91 Å². The van der Waals surface area contributed by atoms with E-state index in [1.54, 1.807) is 6.33 Å². The summed E-state index contributed by atoms with van der Waals surface area (Å²) in [6.45, 7) is 6.19. The second-order valence-corrected chi connectivity index (χ2v) is 8.61. The number of aromatic nitrogens is 2. The molecule has 0 bridgehead atoms. The number of hydrogen-bond donors (Lipinski definition) is 2. The standard InChI is InChI=1S/C23H33N5O/c29-23(26-21-10-13-28(16-21)15-20-4-2-1-3-5-20)7-6-19-8-11-27(12-9-19)17-22-14-24-18-25-22/h1-5,14,18-19,21H,6-13,15-17H2,(H,24,25)(H,26,29)/t21-/m0/s1. The van der Waals surface area contributed by atoms with Gasteiger partial charge in [-0.3, -0.25) is 14.6 Å². The van der Waals surface area contributed by atoms with Crippen molar-refractivity contribution in [3.8, 4) is 0 Å². The summed E-state index contributed by atoms with van der Waals surface area (Å²) in [7, 11) is 0. The molecule has 2 fully saturated rings. The average Bonchev–Trinajstić information content (AvgIpc) is 3.40. The third-order valence-corrected chi connectivity index (χ3v) is 6.32. The Labute approximate surface area is 173 Å². The van der Waals surface area contributed by atoms with Crippen LogP contribution in [0.4, 0.5) is 0 Å². The molecule has 1 atom stereocenters. The van der Waals surface area contributed by atoms with Gasteiger partial charge < -0.3 is 10.3 Å². The van der Waals surface area contributed by atoms with Gasteiger partial charge >= 0.3 is 0 Å². The van der Waals surface area contributed by atoms with Gasteiger partial charge in [-0.1, -0.05) is 30.3 Å². The second kappa shape index (κ2) is 10.0. The Kier molecular flexibility index (Phi) is 6.96. The third-order valence-electron chi connectivity index (χ3n) is 6.32. The van der Waals surface area contributed by atoms with Gasteiger partial charge in [0.15, 0.2) is 0 Å². The minimum Gasteiger partial charge on any atom is -0.352 e. The van der Waals surface area contributed by atoms with Gasteiger partial charge in [0.05, 0.1) is 6.33 Å². The number of benzene rings is 1. The topological polar surface area (TPSA) is 64.3 Å². The van der Waals surface area contributed by atoms with Crippen molar-refractivity contribution < 1.29 is 4.79 Å². The highest BCUT2D eigenvalue weighted by Crippen LogP contribution is 2.23. The zero-order chi connectivity index (χ0) is 19.9. The van der Waals surface area contributed by atoms with Crippen molar-refractivity contribution in [1.29, 1.82) is 0 Å². The summed E-state index contributed by atoms with van der Waals surface area (Å²) in [6.07, 6.45) is 8.77. The fourth-order valence-corrected chi connectivity index (χ4v) is 4.62. The molecule has 2 aliphatic heterocycles. The molecule has 1 aromatic carbocycles. The van der Waals surface area contributed by atoms with E-state index >= 15 is 0 Å². The van der Waals surface area contributed by atoms with Crippen LogP contribution in [0.2, 0.25) is 0 Å². The molecule has 2 aliphatic rings. The molecule has 156 valence electrons. The summed E-state index contributed by atoms with van der Waals surface area (Å²) < 4.78 is 0. The highest BCUT2D eigenvalue weighted by Gasteiger charge is 2.25. The van der Waals surface area contributed by atoms with Gasteiger partial charge in [0.2, 0.25) is 5.91 Å². The van der Waals surface area contributed by atoms with Crippen LogP contribution in [0.5, 0.6) is 0 Å². The van der Waals surface area contributed by atoms with E-state index in [9.17, 15) is 4.79 Å². The molecular weight excluding hydrogens is 362 g/mol. The van der Waals surface area contributed by atoms with Gasteiger partial charge in [-0.25, -0.2) is 4.98 Å². The molecule has 29 heavy (non-hydrogen) atoms. The Morgan fingerprint density at radius 3 is 2.62 bits per heavy atom. The van der Waals surface area contributed by atoms with Crippen molar-refractivity contribution in [2.45, 2.75) is 51.2 Å². The second-order valence-electron chi connectivity index (χ2n) is 8.61. The first-order valence-electron chi connectivity index (χ1n) is 11.0. The third kappa shape index (κ3) is 6.15. The summed E-state index contributed by atoms with van der Waals surface area (Å²) in [5.41, 5.74) is 2.53. The predicted molar refractivity (Wildman–Crippen MR) is 114 cm³/mol. The van der Waals surface area contributed by atoms with Crippen molar-refractivity contribution in [1.82, 2.24) is 25.1 Å². The van der Waals surface area contributed by atoms with Gasteiger partial charge in [-0.2, -0.15) is 0 Å². The van der Waals surface area contributed by atoms with Crippen molar-refractivity contribution in [2.75, 3.05) is 26.2 Å². The lowest BCUT2D eigenvalue weighted by Gasteiger charge is -2.31. The maximum absolute atomic E-state index is 12.4. The van der Waals surface area contributed by atoms with E-state index in [2.05, 4.69) is 55.4 Å². The Balaban J connectivity index is 1.10. The molecule has 1 aromatic heterocycles. The van der Waals surface area contributed by atoms with Crippen LogP contribution in [0.15, 0.2) is 42.9 Å². The summed E-state index contributed by atoms with van der Waals surface area (Å²) in [5.74, 6) is 0.911. The largest absolute Gasteiger partial charge is 0.352 e. The number of amides is 1. The van der Waals surface area contributed by atoms with E-state index in [0.717, 1.165) is 52.1 Å². The van der Waals surface area contributed by atoms with E-state index in [0.29, 0.717) is 18.4 Å². The Bertz CT molecular complexity index is 740. The van der Waals surface area contributed by atoms with Crippen LogP contribution in [0.3, 0.4) is 0 Å². The number of carbonyl (C=O) groups excluding carboxylic acids is 1. The summed E-state index contributed by atoms with van der Waals surface area (Å²) >= 11 is 0. The lowest BCUT2D eigenvalue weighted by atomic mass is 9.92. The summed E-state index contributed by atoms with van der Waals surface area (Å²) in [5, 5.41) is 3.27. The highest BCUT2D eigenvalue weighted by atomic mass is 16.1. The number of H-pyrrole nitrogens is 1. The number of nitrogens with zero attached hydrogens (tertiary/aromatic N) is 3. The number of aromatic amines is 1. The zero-order valence-electron chi connectivity index (χ0n) is 17.2. The number of likely N-dealkylation sites (tertiary alicyclic amines) is 2. The molecule has 0 saturated carbocycles. The van der Waals surface area contributed by atoms with Crippen LogP contribution in [0, 0.1) is 5.92 Å². The highest BCUT2D eigenvalue weighted by molar-refractivity contribution is 5.76. The number of hydrogen-bond acceptors (Lipinski definition) is 4. The number of piperidine rings is 1. The van der Waals surface area contributed by atoms with E-state index in [1.807, 2.05) is 6.20 Å². The summed E-state index contributed by atoms with van der Waals surface area (Å²) in [6, 6.07) is 10.9. The molecule has 0 spiro atoms. The maximum Gasteiger partial charge on any atom is 0.220 e. The molecule has 0 unspecified atom stereocenters. The van der Waals surface area contributed by atoms with Crippen LogP contribution in [-0.2, 0) is 17.9 Å². The molecule has 0 aliphatic carbocycles. The molecule has 0 radical (unpaired) electrons. The molecule has 2 aromatic rings. The maximum atomic E-state index is 12.4. The number of carbonyl (C=O) groups is 1. The predicted octanol–water partition coefficient (Wildman–Crippen LogP) is 2.79. The van der Waals surface area contributed by atoms with Crippen LogP contribution >= 0.6 is 0 Å². The SMILES string of the molecule is O=C(CCC1CCN(Cc2cnc[nH]2)CC1)N[C@H]1CCN(Cc2ccccc2)C1. The van der Waals surface area contributed by atoms with Crippen molar-refractivity contribution in [3.63, 3.8) is 0 Å². The van der Waals surface area contributed by atoms with Gasteiger partial charge in [0, 0.05) is 50.5 Å². The number of rotatable bonds is 8. The minimum absolute atomic E-state index is 0.233. The lowest BCUT2D eigenvalue weighted by molar-refractivity contribution is -0.122. The van der Waals surface area contributed by atoms with Crippen LogP contribution < -0.4 is 5.32 Å². The Morgan fingerprint density at radius 1 is 1.07 bits per heavy atom. The van der Waals surface area contributed by atoms with E-state index < -0.39 is 0 Å². The number of imidazole rings is 1. The number of nitrogens with one attached hydrogen (secondary N) is 2. The van der Waals surface area contributed by atoms with E-state index in [1.165, 1.54) is 24.1 Å². The fraction of sp³-hybridized carbons (Fsp3) is 0.565. The van der Waals surface area contributed by atoms with Gasteiger partial charge in [-0.05, 0) is 50.3 Å². The van der Waals surface area contributed by atoms with Crippen LogP contribution in [0.25, 0.3) is 0 Å². The zero-order valence-corrected chi connectivity index (χ0v) is 17.2. The first kappa shape index (κ1) is 20.1. The normalized spacial score (nSPS) is 21.4. The molecule has 4 rings (SSSR count). The van der Waals surface area contributed by atoms with Crippen LogP contribution in [0.1, 0.15) is 43.4 Å². The Morgan fingerprint density at radius 2 is 1.86 bits per heavy atom. The van der Waals surface area contributed by atoms with E-state index in [-0.39, 0.29) is 5.91 Å². The monoisotopic (exact) mass is 395 g/mol. The van der Waals surface area contributed by atoms with Gasteiger partial charge in [-0.15, -0.1) is 0 Å². The molecule has 2 saturated heterocycles. The lowest BCUT2D eigenvalue weighted by Crippen LogP contribution is -2.37. The first-order chi connectivity index (χ1) is 14.2. The minimum atomic E-state index is 0.233. The van der Waals surface area contributed by atoms with Crippen molar-refractivity contribution in [2.24, 2.45) is 5.92 Å². The van der Waals surface area contributed by atoms with E-state index in [4.69, 9.17) is 0 Å². The molecule has 2 N–H and O–H groups in total. The molecule has 3 heterocycles. The molecule has 1 amide bonds. The van der Waals surface area contributed by atoms with Crippen molar-refractivity contribution in [3.05, 3.63) is 54.1 Å². The molecule has 6 nitrogen and oxygen atoms in total. The first-order valence-corrected chi connectivity index (χ1v) is 11.0. The molecular formula is C23H33N5O. The van der Waals surface area contributed by atoms with Gasteiger partial charge in [0.1, 0.15) is 0 Å². The average molecular weight is 396 g/mol. The van der Waals surface area contributed by atoms with Crippen LogP contribution in [-0.4, -0.2) is 57.9 Å². The smallest absolute Gasteiger partial charge is 0.220 e.